The van der Waals surface area contributed by atoms with Gasteiger partial charge in [-0.1, -0.05) is 25.0 Å². The number of hydrogen-bond donors (Lipinski definition) is 2. The highest BCUT2D eigenvalue weighted by molar-refractivity contribution is 5.77. The lowest BCUT2D eigenvalue weighted by atomic mass is 9.98. The van der Waals surface area contributed by atoms with Gasteiger partial charge in [-0.15, -0.1) is 0 Å². The van der Waals surface area contributed by atoms with Crippen LogP contribution in [0.3, 0.4) is 0 Å². The van der Waals surface area contributed by atoms with E-state index in [0.29, 0.717) is 19.6 Å². The molecule has 2 rings (SSSR count). The fourth-order valence-electron chi connectivity index (χ4n) is 2.76. The summed E-state index contributed by atoms with van der Waals surface area (Å²) in [6.07, 6.45) is 4.66. The van der Waals surface area contributed by atoms with Crippen LogP contribution in [-0.2, 0) is 4.79 Å². The molecule has 0 heterocycles. The summed E-state index contributed by atoms with van der Waals surface area (Å²) in [5, 5.41) is 3.10. The molecule has 0 aromatic heterocycles. The van der Waals surface area contributed by atoms with Gasteiger partial charge in [0.15, 0.2) is 0 Å². The number of carbonyl (C=O) groups excluding carboxylic acids is 1. The quantitative estimate of drug-likeness (QED) is 0.836. The van der Waals surface area contributed by atoms with Crippen LogP contribution in [-0.4, -0.2) is 24.6 Å². The molecule has 110 valence electrons. The first-order valence-electron chi connectivity index (χ1n) is 7.34. The molecule has 1 aliphatic carbocycles. The molecule has 4 heteroatoms. The zero-order chi connectivity index (χ0) is 14.4. The third-order valence-electron chi connectivity index (χ3n) is 3.94. The Morgan fingerprint density at radius 2 is 2.15 bits per heavy atom. The molecule has 4 nitrogen and oxygen atoms in total. The summed E-state index contributed by atoms with van der Waals surface area (Å²) < 4.78 is 5.60. The van der Waals surface area contributed by atoms with E-state index in [0.717, 1.165) is 37.0 Å². The third kappa shape index (κ3) is 3.97. The van der Waals surface area contributed by atoms with E-state index >= 15 is 0 Å². The van der Waals surface area contributed by atoms with Crippen molar-refractivity contribution in [3.05, 3.63) is 29.8 Å². The summed E-state index contributed by atoms with van der Waals surface area (Å²) in [6.45, 7) is 2.94. The van der Waals surface area contributed by atoms with Crippen molar-refractivity contribution >= 4 is 5.91 Å². The van der Waals surface area contributed by atoms with E-state index in [1.54, 1.807) is 0 Å². The summed E-state index contributed by atoms with van der Waals surface area (Å²) in [4.78, 5) is 12.0. The summed E-state index contributed by atoms with van der Waals surface area (Å²) in [6, 6.07) is 7.84. The Balaban J connectivity index is 1.75. The van der Waals surface area contributed by atoms with Gasteiger partial charge in [-0.05, 0) is 37.5 Å². The normalized spacial score (nSPS) is 16.9. The molecule has 0 unspecified atom stereocenters. The van der Waals surface area contributed by atoms with Crippen LogP contribution in [0.2, 0.25) is 0 Å². The van der Waals surface area contributed by atoms with Crippen molar-refractivity contribution < 1.29 is 9.53 Å². The predicted octanol–water partition coefficient (Wildman–Crippen LogP) is 2.15. The maximum Gasteiger partial charge on any atom is 0.223 e. The number of rotatable bonds is 6. The molecule has 0 radical (unpaired) electrons. The zero-order valence-corrected chi connectivity index (χ0v) is 12.2. The number of hydrogen-bond acceptors (Lipinski definition) is 3. The van der Waals surface area contributed by atoms with Crippen molar-refractivity contribution in [2.75, 3.05) is 13.2 Å². The highest BCUT2D eigenvalue weighted by Gasteiger charge is 2.33. The second-order valence-corrected chi connectivity index (χ2v) is 5.65. The van der Waals surface area contributed by atoms with Crippen LogP contribution in [0.15, 0.2) is 24.3 Å². The van der Waals surface area contributed by atoms with E-state index in [9.17, 15) is 4.79 Å². The molecule has 3 N–H and O–H groups in total. The van der Waals surface area contributed by atoms with Crippen LogP contribution in [0.25, 0.3) is 0 Å². The molecule has 1 aromatic rings. The largest absolute Gasteiger partial charge is 0.493 e. The SMILES string of the molecule is Cc1cccc(OCCC(=O)NC2(CN)CCCC2)c1. The maximum absolute atomic E-state index is 12.0. The lowest BCUT2D eigenvalue weighted by Gasteiger charge is -2.28. The van der Waals surface area contributed by atoms with Gasteiger partial charge in [-0.2, -0.15) is 0 Å². The van der Waals surface area contributed by atoms with Crippen LogP contribution >= 0.6 is 0 Å². The van der Waals surface area contributed by atoms with Gasteiger partial charge in [-0.25, -0.2) is 0 Å². The molecule has 20 heavy (non-hydrogen) atoms. The van der Waals surface area contributed by atoms with Crippen molar-refractivity contribution in [3.63, 3.8) is 0 Å². The Morgan fingerprint density at radius 3 is 2.80 bits per heavy atom. The van der Waals surface area contributed by atoms with Gasteiger partial charge in [0, 0.05) is 6.54 Å². The van der Waals surface area contributed by atoms with Gasteiger partial charge in [0.1, 0.15) is 5.75 Å². The average molecular weight is 276 g/mol. The van der Waals surface area contributed by atoms with Gasteiger partial charge in [0.05, 0.1) is 18.6 Å². The number of aryl methyl sites for hydroxylation is 1. The lowest BCUT2D eigenvalue weighted by Crippen LogP contribution is -2.51. The first-order chi connectivity index (χ1) is 9.63. The zero-order valence-electron chi connectivity index (χ0n) is 12.2. The predicted molar refractivity (Wildman–Crippen MR) is 79.7 cm³/mol. The maximum atomic E-state index is 12.0. The highest BCUT2D eigenvalue weighted by atomic mass is 16.5. The minimum Gasteiger partial charge on any atom is -0.493 e. The van der Waals surface area contributed by atoms with Crippen LogP contribution in [0.1, 0.15) is 37.7 Å². The van der Waals surface area contributed by atoms with Gasteiger partial charge in [0.2, 0.25) is 5.91 Å². The van der Waals surface area contributed by atoms with Gasteiger partial charge in [0.25, 0.3) is 0 Å². The van der Waals surface area contributed by atoms with Crippen LogP contribution in [0.4, 0.5) is 0 Å². The molecular weight excluding hydrogens is 252 g/mol. The molecule has 1 aliphatic rings. The molecule has 0 saturated heterocycles. The minimum absolute atomic E-state index is 0.0324. The molecule has 0 bridgehead atoms. The fraction of sp³-hybridized carbons (Fsp3) is 0.562. The topological polar surface area (TPSA) is 64.3 Å². The van der Waals surface area contributed by atoms with Crippen LogP contribution in [0.5, 0.6) is 5.75 Å². The summed E-state index contributed by atoms with van der Waals surface area (Å²) >= 11 is 0. The number of nitrogens with one attached hydrogen (secondary N) is 1. The Labute approximate surface area is 120 Å². The second-order valence-electron chi connectivity index (χ2n) is 5.65. The van der Waals surface area contributed by atoms with E-state index in [2.05, 4.69) is 5.32 Å². The van der Waals surface area contributed by atoms with E-state index in [-0.39, 0.29) is 11.4 Å². The molecule has 1 amide bonds. The van der Waals surface area contributed by atoms with E-state index in [1.165, 1.54) is 0 Å². The van der Waals surface area contributed by atoms with Crippen LogP contribution in [0, 0.1) is 6.92 Å². The van der Waals surface area contributed by atoms with Crippen molar-refractivity contribution in [3.8, 4) is 5.75 Å². The molecule has 0 aliphatic heterocycles. The summed E-state index contributed by atoms with van der Waals surface area (Å²) in [5.74, 6) is 0.845. The van der Waals surface area contributed by atoms with Gasteiger partial charge in [-0.3, -0.25) is 4.79 Å². The Hall–Kier alpha value is -1.55. The summed E-state index contributed by atoms with van der Waals surface area (Å²) in [5.41, 5.74) is 6.79. The number of ether oxygens (including phenoxy) is 1. The average Bonchev–Trinajstić information content (AvgIpc) is 2.88. The highest BCUT2D eigenvalue weighted by Crippen LogP contribution is 2.28. The van der Waals surface area contributed by atoms with Crippen molar-refractivity contribution in [2.45, 2.75) is 44.6 Å². The third-order valence-corrected chi connectivity index (χ3v) is 3.94. The summed E-state index contributed by atoms with van der Waals surface area (Å²) in [7, 11) is 0. The van der Waals surface area contributed by atoms with Crippen molar-refractivity contribution in [1.82, 2.24) is 5.32 Å². The van der Waals surface area contributed by atoms with E-state index < -0.39 is 0 Å². The number of carbonyl (C=O) groups is 1. The molecule has 1 fully saturated rings. The van der Waals surface area contributed by atoms with Crippen LogP contribution < -0.4 is 15.8 Å². The lowest BCUT2D eigenvalue weighted by molar-refractivity contribution is -0.123. The Morgan fingerprint density at radius 1 is 1.40 bits per heavy atom. The first kappa shape index (κ1) is 14.9. The molecular formula is C16H24N2O2. The minimum atomic E-state index is -0.166. The standard InChI is InChI=1S/C16H24N2O2/c1-13-5-4-6-14(11-13)20-10-7-15(19)18-16(12-17)8-2-3-9-16/h4-6,11H,2-3,7-10,12,17H2,1H3,(H,18,19). The number of benzene rings is 1. The fourth-order valence-corrected chi connectivity index (χ4v) is 2.76. The molecule has 1 aromatic carbocycles. The Kier molecular flexibility index (Phi) is 5.01. The van der Waals surface area contributed by atoms with E-state index in [1.807, 2.05) is 31.2 Å². The van der Waals surface area contributed by atoms with Gasteiger partial charge >= 0.3 is 0 Å². The number of nitrogens with two attached hydrogens (primary N) is 1. The Bertz CT molecular complexity index is 454. The van der Waals surface area contributed by atoms with Crippen molar-refractivity contribution in [2.24, 2.45) is 5.73 Å². The molecule has 0 atom stereocenters. The molecule has 0 spiro atoms. The number of amides is 1. The smallest absolute Gasteiger partial charge is 0.223 e. The van der Waals surface area contributed by atoms with Crippen molar-refractivity contribution in [1.29, 1.82) is 0 Å². The molecule has 1 saturated carbocycles. The van der Waals surface area contributed by atoms with E-state index in [4.69, 9.17) is 10.5 Å². The second kappa shape index (κ2) is 6.75. The van der Waals surface area contributed by atoms with Gasteiger partial charge < -0.3 is 15.8 Å². The monoisotopic (exact) mass is 276 g/mol. The first-order valence-corrected chi connectivity index (χ1v) is 7.34.